The topological polar surface area (TPSA) is 0 Å². The molecule has 1 aliphatic carbocycles. The lowest BCUT2D eigenvalue weighted by Crippen LogP contribution is -2.14. The molecule has 1 heteroatoms. The monoisotopic (exact) mass is 284 g/mol. The summed E-state index contributed by atoms with van der Waals surface area (Å²) >= 11 is 1.97. The highest BCUT2D eigenvalue weighted by Gasteiger charge is 2.24. The minimum absolute atomic E-state index is 0.790. The third kappa shape index (κ3) is 2.98. The second-order valence-corrected chi connectivity index (χ2v) is 6.96. The molecule has 20 heavy (non-hydrogen) atoms. The van der Waals surface area contributed by atoms with Crippen LogP contribution in [-0.4, -0.2) is 0 Å². The Morgan fingerprint density at radius 1 is 1.05 bits per heavy atom. The highest BCUT2D eigenvalue weighted by atomic mass is 32.1. The molecule has 0 saturated heterocycles. The quantitative estimate of drug-likeness (QED) is 0.602. The lowest BCUT2D eigenvalue weighted by molar-refractivity contribution is 0.301. The Bertz CT molecular complexity index is 520. The van der Waals surface area contributed by atoms with Gasteiger partial charge in [0.05, 0.1) is 0 Å². The van der Waals surface area contributed by atoms with Crippen molar-refractivity contribution in [3.05, 3.63) is 46.7 Å². The van der Waals surface area contributed by atoms with Crippen molar-refractivity contribution in [1.29, 1.82) is 0 Å². The maximum atomic E-state index is 2.45. The zero-order valence-corrected chi connectivity index (χ0v) is 13.2. The van der Waals surface area contributed by atoms with Crippen molar-refractivity contribution >= 4 is 11.3 Å². The minimum Gasteiger partial charge on any atom is -0.148 e. The van der Waals surface area contributed by atoms with Gasteiger partial charge in [-0.2, -0.15) is 0 Å². The Kier molecular flexibility index (Phi) is 4.57. The zero-order valence-electron chi connectivity index (χ0n) is 12.3. The van der Waals surface area contributed by atoms with Crippen LogP contribution in [0.3, 0.4) is 0 Å². The fourth-order valence-corrected chi connectivity index (χ4v) is 4.83. The number of benzene rings is 1. The summed E-state index contributed by atoms with van der Waals surface area (Å²) in [6.07, 6.45) is 8.51. The number of hydrogen-bond acceptors (Lipinski definition) is 1. The van der Waals surface area contributed by atoms with E-state index in [1.807, 2.05) is 11.3 Å². The summed E-state index contributed by atoms with van der Waals surface area (Å²) in [6, 6.07) is 13.2. The van der Waals surface area contributed by atoms with Crippen LogP contribution in [0, 0.1) is 5.92 Å². The van der Waals surface area contributed by atoms with Gasteiger partial charge in [-0.15, -0.1) is 11.3 Å². The highest BCUT2D eigenvalue weighted by molar-refractivity contribution is 7.10. The summed E-state index contributed by atoms with van der Waals surface area (Å²) in [7, 11) is 0. The first-order valence-corrected chi connectivity index (χ1v) is 8.90. The lowest BCUT2D eigenvalue weighted by atomic mass is 9.78. The predicted molar refractivity (Wildman–Crippen MR) is 89.4 cm³/mol. The van der Waals surface area contributed by atoms with Gasteiger partial charge in [0.1, 0.15) is 0 Å². The smallest absolute Gasteiger partial charge is 0.00852 e. The first kappa shape index (κ1) is 13.9. The van der Waals surface area contributed by atoms with E-state index in [-0.39, 0.29) is 0 Å². The largest absolute Gasteiger partial charge is 0.148 e. The molecule has 0 nitrogen and oxygen atoms in total. The fraction of sp³-hybridized carbons (Fsp3) is 0.474. The van der Waals surface area contributed by atoms with E-state index in [2.05, 4.69) is 48.7 Å². The van der Waals surface area contributed by atoms with Crippen molar-refractivity contribution in [2.45, 2.75) is 51.4 Å². The van der Waals surface area contributed by atoms with Gasteiger partial charge < -0.3 is 0 Å². The molecule has 1 saturated carbocycles. The summed E-state index contributed by atoms with van der Waals surface area (Å²) < 4.78 is 0. The van der Waals surface area contributed by atoms with Crippen molar-refractivity contribution < 1.29 is 0 Å². The molecule has 0 aliphatic heterocycles. The fourth-order valence-electron chi connectivity index (χ4n) is 3.63. The van der Waals surface area contributed by atoms with Crippen LogP contribution in [0.4, 0.5) is 0 Å². The lowest BCUT2D eigenvalue weighted by Gasteiger charge is -2.28. The molecule has 1 aromatic carbocycles. The SMILES string of the molecule is CCC(c1cc(-c2ccccc2)cs1)C1CCCCC1. The number of thiophene rings is 1. The van der Waals surface area contributed by atoms with Crippen LogP contribution in [0.5, 0.6) is 0 Å². The Labute approximate surface area is 126 Å². The van der Waals surface area contributed by atoms with Crippen LogP contribution < -0.4 is 0 Å². The second kappa shape index (κ2) is 6.58. The average molecular weight is 284 g/mol. The maximum Gasteiger partial charge on any atom is 0.00852 e. The molecule has 1 heterocycles. The van der Waals surface area contributed by atoms with E-state index in [9.17, 15) is 0 Å². The molecule has 0 bridgehead atoms. The second-order valence-electron chi connectivity index (χ2n) is 6.02. The summed E-state index contributed by atoms with van der Waals surface area (Å²) in [6.45, 7) is 2.36. The van der Waals surface area contributed by atoms with Gasteiger partial charge in [-0.05, 0) is 53.7 Å². The van der Waals surface area contributed by atoms with Crippen molar-refractivity contribution in [1.82, 2.24) is 0 Å². The molecule has 0 radical (unpaired) electrons. The average Bonchev–Trinajstić information content (AvgIpc) is 3.00. The minimum atomic E-state index is 0.790. The molecule has 0 N–H and O–H groups in total. The van der Waals surface area contributed by atoms with Gasteiger partial charge in [-0.25, -0.2) is 0 Å². The van der Waals surface area contributed by atoms with E-state index >= 15 is 0 Å². The van der Waals surface area contributed by atoms with E-state index in [4.69, 9.17) is 0 Å². The van der Waals surface area contributed by atoms with Gasteiger partial charge in [0.2, 0.25) is 0 Å². The van der Waals surface area contributed by atoms with Gasteiger partial charge in [0, 0.05) is 4.88 Å². The Morgan fingerprint density at radius 2 is 1.80 bits per heavy atom. The summed E-state index contributed by atoms with van der Waals surface area (Å²) in [5, 5.41) is 2.34. The highest BCUT2D eigenvalue weighted by Crippen LogP contribution is 2.41. The zero-order chi connectivity index (χ0) is 13.8. The third-order valence-electron chi connectivity index (χ3n) is 4.75. The molecular weight excluding hydrogens is 260 g/mol. The van der Waals surface area contributed by atoms with Crippen LogP contribution in [0.15, 0.2) is 41.8 Å². The van der Waals surface area contributed by atoms with E-state index in [0.29, 0.717) is 0 Å². The molecule has 1 aliphatic rings. The van der Waals surface area contributed by atoms with Gasteiger partial charge in [0.15, 0.2) is 0 Å². The molecule has 1 aromatic heterocycles. The Morgan fingerprint density at radius 3 is 2.50 bits per heavy atom. The predicted octanol–water partition coefficient (Wildman–Crippen LogP) is 6.49. The molecule has 0 spiro atoms. The number of rotatable bonds is 4. The van der Waals surface area contributed by atoms with Crippen molar-refractivity contribution in [2.24, 2.45) is 5.92 Å². The van der Waals surface area contributed by atoms with Crippen LogP contribution in [0.2, 0.25) is 0 Å². The first-order valence-electron chi connectivity index (χ1n) is 8.02. The Balaban J connectivity index is 1.80. The van der Waals surface area contributed by atoms with Gasteiger partial charge in [0.25, 0.3) is 0 Å². The molecule has 3 rings (SSSR count). The number of hydrogen-bond donors (Lipinski definition) is 0. The van der Waals surface area contributed by atoms with E-state index in [1.54, 1.807) is 4.88 Å². The van der Waals surface area contributed by atoms with Gasteiger partial charge in [-0.3, -0.25) is 0 Å². The molecule has 0 amide bonds. The van der Waals surface area contributed by atoms with Crippen molar-refractivity contribution in [3.8, 4) is 11.1 Å². The standard InChI is InChI=1S/C19H24S/c1-2-18(16-11-7-4-8-12-16)19-13-17(14-20-19)15-9-5-3-6-10-15/h3,5-6,9-10,13-14,16,18H,2,4,7-8,11-12H2,1H3. The maximum absolute atomic E-state index is 2.45. The molecule has 1 atom stereocenters. The van der Waals surface area contributed by atoms with Crippen molar-refractivity contribution in [2.75, 3.05) is 0 Å². The van der Waals surface area contributed by atoms with Gasteiger partial charge in [-0.1, -0.05) is 56.5 Å². The molecule has 106 valence electrons. The van der Waals surface area contributed by atoms with Crippen LogP contribution in [0.25, 0.3) is 11.1 Å². The van der Waals surface area contributed by atoms with Crippen LogP contribution in [-0.2, 0) is 0 Å². The van der Waals surface area contributed by atoms with E-state index in [0.717, 1.165) is 11.8 Å². The molecular formula is C19H24S. The van der Waals surface area contributed by atoms with E-state index in [1.165, 1.54) is 49.7 Å². The first-order chi connectivity index (χ1) is 9.88. The Hall–Kier alpha value is -1.08. The molecule has 1 unspecified atom stereocenters. The normalized spacial score (nSPS) is 18.1. The van der Waals surface area contributed by atoms with Crippen LogP contribution in [0.1, 0.15) is 56.2 Å². The third-order valence-corrected chi connectivity index (χ3v) is 5.82. The van der Waals surface area contributed by atoms with Gasteiger partial charge >= 0.3 is 0 Å². The van der Waals surface area contributed by atoms with Crippen molar-refractivity contribution in [3.63, 3.8) is 0 Å². The molecule has 2 aromatic rings. The van der Waals surface area contributed by atoms with Crippen LogP contribution >= 0.6 is 11.3 Å². The van der Waals surface area contributed by atoms with E-state index < -0.39 is 0 Å². The summed E-state index contributed by atoms with van der Waals surface area (Å²) in [4.78, 5) is 1.61. The summed E-state index contributed by atoms with van der Waals surface area (Å²) in [5.41, 5.74) is 2.76. The molecule has 1 fully saturated rings. The summed E-state index contributed by atoms with van der Waals surface area (Å²) in [5.74, 6) is 1.72.